The molecule has 0 N–H and O–H groups in total. The van der Waals surface area contributed by atoms with Crippen molar-refractivity contribution in [1.82, 2.24) is 0 Å². The van der Waals surface area contributed by atoms with Crippen molar-refractivity contribution in [3.05, 3.63) is 0 Å². The van der Waals surface area contributed by atoms with Crippen LogP contribution in [-0.2, 0) is 13.9 Å². The average molecular weight is 164 g/mol. The first-order chi connectivity index (χ1) is 4.39. The maximum Gasteiger partial charge on any atom is 0.255 e. The molecule has 4 heteroatoms. The van der Waals surface area contributed by atoms with Crippen molar-refractivity contribution in [2.24, 2.45) is 5.41 Å². The smallest absolute Gasteiger partial charge is 0.255 e. The van der Waals surface area contributed by atoms with Gasteiger partial charge in [0.2, 0.25) is 5.52 Å². The Labute approximate surface area is 61.6 Å². The Bertz CT molecular complexity index is 157. The Hall–Kier alpha value is -0.140. The van der Waals surface area contributed by atoms with Gasteiger partial charge in [-0.2, -0.15) is 0 Å². The van der Waals surface area contributed by atoms with Gasteiger partial charge in [0.15, 0.2) is 0 Å². The van der Waals surface area contributed by atoms with E-state index in [1.54, 1.807) is 20.8 Å². The number of rotatable bonds is 2. The maximum atomic E-state index is 11.0. The molecule has 0 heterocycles. The molecule has 0 spiro atoms. The highest BCUT2D eigenvalue weighted by Crippen LogP contribution is 2.32. The summed E-state index contributed by atoms with van der Waals surface area (Å²) < 4.78 is 15.2. The van der Waals surface area contributed by atoms with Crippen LogP contribution in [0.3, 0.4) is 0 Å². The predicted octanol–water partition coefficient (Wildman–Crippen LogP) is 1.68. The SMILES string of the molecule is CO[PH](=O)C(=O)C(C)(C)C. The Morgan fingerprint density at radius 1 is 1.40 bits per heavy atom. The third-order valence-electron chi connectivity index (χ3n) is 1.05. The van der Waals surface area contributed by atoms with Crippen LogP contribution >= 0.6 is 8.03 Å². The summed E-state index contributed by atoms with van der Waals surface area (Å²) >= 11 is 0. The second-order valence-electron chi connectivity index (χ2n) is 3.07. The molecule has 0 bridgehead atoms. The molecule has 0 aliphatic heterocycles. The quantitative estimate of drug-likeness (QED) is 0.583. The molecule has 1 unspecified atom stereocenters. The summed E-state index contributed by atoms with van der Waals surface area (Å²) in [6, 6.07) is 0. The van der Waals surface area contributed by atoms with E-state index in [1.807, 2.05) is 0 Å². The van der Waals surface area contributed by atoms with Gasteiger partial charge in [-0.15, -0.1) is 0 Å². The van der Waals surface area contributed by atoms with Gasteiger partial charge >= 0.3 is 0 Å². The lowest BCUT2D eigenvalue weighted by Gasteiger charge is -2.14. The average Bonchev–Trinajstić information content (AvgIpc) is 1.83. The van der Waals surface area contributed by atoms with Crippen molar-refractivity contribution in [3.8, 4) is 0 Å². The summed E-state index contributed by atoms with van der Waals surface area (Å²) in [5.41, 5.74) is -0.855. The summed E-state index contributed by atoms with van der Waals surface area (Å²) in [6.45, 7) is 5.16. The monoisotopic (exact) mass is 164 g/mol. The number of carbonyl (C=O) groups is 1. The van der Waals surface area contributed by atoms with Crippen LogP contribution in [0.5, 0.6) is 0 Å². The maximum absolute atomic E-state index is 11.0. The molecule has 60 valence electrons. The topological polar surface area (TPSA) is 43.4 Å². The van der Waals surface area contributed by atoms with E-state index >= 15 is 0 Å². The zero-order valence-corrected chi connectivity index (χ0v) is 7.72. The Kier molecular flexibility index (Phi) is 3.26. The Balaban J connectivity index is 4.24. The fraction of sp³-hybridized carbons (Fsp3) is 0.833. The molecule has 0 rings (SSSR count). The molecule has 0 aliphatic rings. The molecule has 10 heavy (non-hydrogen) atoms. The van der Waals surface area contributed by atoms with E-state index in [0.29, 0.717) is 0 Å². The zero-order chi connectivity index (χ0) is 8.36. The van der Waals surface area contributed by atoms with Gasteiger partial charge in [-0.25, -0.2) is 0 Å². The van der Waals surface area contributed by atoms with Crippen LogP contribution in [0.15, 0.2) is 0 Å². The molecule has 0 fully saturated rings. The molecule has 0 saturated heterocycles. The van der Waals surface area contributed by atoms with Gasteiger partial charge < -0.3 is 4.52 Å². The van der Waals surface area contributed by atoms with Crippen molar-refractivity contribution >= 4 is 13.6 Å². The molecule has 0 aliphatic carbocycles. The Morgan fingerprint density at radius 3 is 1.90 bits per heavy atom. The lowest BCUT2D eigenvalue weighted by atomic mass is 10.00. The van der Waals surface area contributed by atoms with Gasteiger partial charge in [-0.1, -0.05) is 20.8 Å². The first-order valence-corrected chi connectivity index (χ1v) is 4.34. The zero-order valence-electron chi connectivity index (χ0n) is 6.72. The van der Waals surface area contributed by atoms with Crippen molar-refractivity contribution in [2.75, 3.05) is 7.11 Å². The highest BCUT2D eigenvalue weighted by Gasteiger charge is 2.26. The highest BCUT2D eigenvalue weighted by atomic mass is 31.1. The fourth-order valence-corrected chi connectivity index (χ4v) is 1.20. The normalized spacial score (nSPS) is 14.8. The van der Waals surface area contributed by atoms with E-state index in [-0.39, 0.29) is 5.52 Å². The van der Waals surface area contributed by atoms with Crippen LogP contribution in [-0.4, -0.2) is 12.6 Å². The summed E-state index contributed by atoms with van der Waals surface area (Å²) in [6.07, 6.45) is 0. The minimum Gasteiger partial charge on any atom is -0.329 e. The van der Waals surface area contributed by atoms with E-state index in [0.717, 1.165) is 0 Å². The van der Waals surface area contributed by atoms with Crippen molar-refractivity contribution < 1.29 is 13.9 Å². The van der Waals surface area contributed by atoms with Crippen molar-refractivity contribution in [3.63, 3.8) is 0 Å². The summed E-state index contributed by atoms with van der Waals surface area (Å²) in [5.74, 6) is 0. The molecule has 0 radical (unpaired) electrons. The summed E-state index contributed by atoms with van der Waals surface area (Å²) in [5, 5.41) is 0. The van der Waals surface area contributed by atoms with E-state index in [2.05, 4.69) is 4.52 Å². The standard InChI is InChI=1S/C6H13O3P/c1-6(2,3)5(7)10(8)9-4/h10H,1-4H3. The van der Waals surface area contributed by atoms with Crippen LogP contribution in [0.1, 0.15) is 20.8 Å². The van der Waals surface area contributed by atoms with Crippen LogP contribution in [0.4, 0.5) is 0 Å². The summed E-state index contributed by atoms with van der Waals surface area (Å²) in [7, 11) is -1.17. The molecule has 0 aromatic carbocycles. The number of hydrogen-bond donors (Lipinski definition) is 0. The van der Waals surface area contributed by atoms with Crippen LogP contribution in [0.2, 0.25) is 0 Å². The summed E-state index contributed by atoms with van der Waals surface area (Å²) in [4.78, 5) is 11.0. The molecule has 3 nitrogen and oxygen atoms in total. The lowest BCUT2D eigenvalue weighted by Crippen LogP contribution is -2.16. The Morgan fingerprint density at radius 2 is 1.80 bits per heavy atom. The fourth-order valence-electron chi connectivity index (χ4n) is 0.399. The van der Waals surface area contributed by atoms with Gasteiger partial charge in [0.05, 0.1) is 0 Å². The third-order valence-corrected chi connectivity index (χ3v) is 2.54. The largest absolute Gasteiger partial charge is 0.329 e. The molecule has 0 saturated carbocycles. The molecular weight excluding hydrogens is 151 g/mol. The molecule has 0 aromatic rings. The van der Waals surface area contributed by atoms with Gasteiger partial charge in [0, 0.05) is 12.5 Å². The van der Waals surface area contributed by atoms with E-state index in [4.69, 9.17) is 0 Å². The highest BCUT2D eigenvalue weighted by molar-refractivity contribution is 7.59. The van der Waals surface area contributed by atoms with E-state index < -0.39 is 13.4 Å². The molecule has 1 atom stereocenters. The first-order valence-electron chi connectivity index (χ1n) is 3.02. The predicted molar refractivity (Wildman–Crippen MR) is 40.5 cm³/mol. The molecular formula is C6H13O3P. The van der Waals surface area contributed by atoms with E-state index in [9.17, 15) is 9.36 Å². The second kappa shape index (κ2) is 3.31. The first kappa shape index (κ1) is 9.86. The lowest BCUT2D eigenvalue weighted by molar-refractivity contribution is -0.118. The minimum absolute atomic E-state index is 0.306. The van der Waals surface area contributed by atoms with Crippen molar-refractivity contribution in [2.45, 2.75) is 20.8 Å². The third kappa shape index (κ3) is 2.63. The molecule has 0 amide bonds. The number of hydrogen-bond acceptors (Lipinski definition) is 3. The van der Waals surface area contributed by atoms with Crippen LogP contribution in [0.25, 0.3) is 0 Å². The van der Waals surface area contributed by atoms with Crippen molar-refractivity contribution in [1.29, 1.82) is 0 Å². The molecule has 0 aromatic heterocycles. The second-order valence-corrected chi connectivity index (χ2v) is 4.51. The minimum atomic E-state index is -2.45. The van der Waals surface area contributed by atoms with Crippen LogP contribution < -0.4 is 0 Å². The van der Waals surface area contributed by atoms with Crippen LogP contribution in [0, 0.1) is 5.41 Å². The number of carbonyl (C=O) groups excluding carboxylic acids is 1. The van der Waals surface area contributed by atoms with Gasteiger partial charge in [0.25, 0.3) is 8.03 Å². The van der Waals surface area contributed by atoms with Gasteiger partial charge in [-0.05, 0) is 0 Å². The van der Waals surface area contributed by atoms with Gasteiger partial charge in [-0.3, -0.25) is 9.36 Å². The van der Waals surface area contributed by atoms with Gasteiger partial charge in [0.1, 0.15) is 0 Å². The van der Waals surface area contributed by atoms with E-state index in [1.165, 1.54) is 7.11 Å².